The molecule has 1 N–H and O–H groups in total. The number of likely N-dealkylation sites (N-methyl/N-ethyl adjacent to an activating group) is 2. The molecule has 3 aliphatic rings. The number of likely N-dealkylation sites (tertiary alicyclic amines) is 1. The van der Waals surface area contributed by atoms with Crippen LogP contribution >= 0.6 is 24.0 Å². The molecule has 3 atom stereocenters. The number of halogens is 1. The Morgan fingerprint density at radius 2 is 1.58 bits per heavy atom. The van der Waals surface area contributed by atoms with Gasteiger partial charge < -0.3 is 20.0 Å². The summed E-state index contributed by atoms with van der Waals surface area (Å²) in [7, 11) is 6.27. The summed E-state index contributed by atoms with van der Waals surface area (Å²) in [5, 5.41) is 3.59. The number of rotatable bonds is 4. The van der Waals surface area contributed by atoms with Crippen LogP contribution in [0.3, 0.4) is 0 Å². The van der Waals surface area contributed by atoms with Crippen molar-refractivity contribution in [1.82, 2.24) is 29.8 Å². The summed E-state index contributed by atoms with van der Waals surface area (Å²) in [6.07, 6.45) is 1.24. The molecule has 8 nitrogen and oxygen atoms in total. The maximum Gasteiger partial charge on any atom is 0.236 e. The standard InChI is InChI=1S/C22H43N7O.HI/c1-18-12-19(2)15-29(14-18)21(30)17-27-8-10-28(11-9-27)22(23-3)24-13-20-16-25(4)6-7-26(20)5;/h18-20H,6-17H2,1-5H3,(H,23,24);1H. The molecular formula is C22H44IN7O. The fourth-order valence-corrected chi connectivity index (χ4v) is 5.14. The van der Waals surface area contributed by atoms with Crippen LogP contribution in [0.4, 0.5) is 0 Å². The highest BCUT2D eigenvalue weighted by atomic mass is 127. The first-order chi connectivity index (χ1) is 14.4. The number of nitrogens with one attached hydrogen (secondary N) is 1. The third-order valence-corrected chi connectivity index (χ3v) is 6.94. The molecule has 0 spiro atoms. The number of piperidine rings is 1. The van der Waals surface area contributed by atoms with E-state index in [1.807, 2.05) is 7.05 Å². The zero-order valence-electron chi connectivity index (χ0n) is 20.2. The van der Waals surface area contributed by atoms with Crippen molar-refractivity contribution in [2.45, 2.75) is 26.3 Å². The largest absolute Gasteiger partial charge is 0.355 e. The van der Waals surface area contributed by atoms with Crippen molar-refractivity contribution in [3.63, 3.8) is 0 Å². The van der Waals surface area contributed by atoms with Crippen LogP contribution in [0.15, 0.2) is 4.99 Å². The van der Waals surface area contributed by atoms with Gasteiger partial charge in [0.25, 0.3) is 0 Å². The molecule has 0 aromatic rings. The van der Waals surface area contributed by atoms with E-state index in [1.165, 1.54) is 6.42 Å². The first-order valence-electron chi connectivity index (χ1n) is 11.7. The van der Waals surface area contributed by atoms with Crippen LogP contribution in [-0.2, 0) is 4.79 Å². The van der Waals surface area contributed by atoms with E-state index in [9.17, 15) is 4.79 Å². The van der Waals surface area contributed by atoms with Crippen molar-refractivity contribution in [3.05, 3.63) is 0 Å². The number of nitrogens with zero attached hydrogens (tertiary/aromatic N) is 6. The molecule has 0 radical (unpaired) electrons. The molecule has 0 aromatic carbocycles. The van der Waals surface area contributed by atoms with Crippen LogP contribution in [0.1, 0.15) is 20.3 Å². The molecule has 31 heavy (non-hydrogen) atoms. The van der Waals surface area contributed by atoms with E-state index in [4.69, 9.17) is 0 Å². The highest BCUT2D eigenvalue weighted by Crippen LogP contribution is 2.21. The summed E-state index contributed by atoms with van der Waals surface area (Å²) in [6.45, 7) is 14.8. The van der Waals surface area contributed by atoms with Crippen molar-refractivity contribution in [2.75, 3.05) is 93.1 Å². The van der Waals surface area contributed by atoms with Crippen LogP contribution in [0.2, 0.25) is 0 Å². The van der Waals surface area contributed by atoms with Gasteiger partial charge in [-0.25, -0.2) is 0 Å². The molecule has 3 rings (SSSR count). The Kier molecular flexibility index (Phi) is 10.8. The van der Waals surface area contributed by atoms with Gasteiger partial charge in [0.15, 0.2) is 5.96 Å². The highest BCUT2D eigenvalue weighted by molar-refractivity contribution is 14.0. The van der Waals surface area contributed by atoms with Gasteiger partial charge in [-0.3, -0.25) is 19.6 Å². The lowest BCUT2D eigenvalue weighted by Crippen LogP contribution is -2.58. The van der Waals surface area contributed by atoms with E-state index in [-0.39, 0.29) is 24.0 Å². The van der Waals surface area contributed by atoms with Crippen LogP contribution in [0, 0.1) is 11.8 Å². The van der Waals surface area contributed by atoms with E-state index in [0.717, 1.165) is 71.4 Å². The van der Waals surface area contributed by atoms with Gasteiger partial charge in [0.2, 0.25) is 5.91 Å². The molecule has 0 saturated carbocycles. The van der Waals surface area contributed by atoms with E-state index in [0.29, 0.717) is 30.3 Å². The predicted molar refractivity (Wildman–Crippen MR) is 138 cm³/mol. The molecule has 3 heterocycles. The molecule has 0 aliphatic carbocycles. The molecule has 3 fully saturated rings. The molecule has 180 valence electrons. The summed E-state index contributed by atoms with van der Waals surface area (Å²) in [5.74, 6) is 2.52. The van der Waals surface area contributed by atoms with Gasteiger partial charge in [-0.05, 0) is 32.4 Å². The molecule has 0 aromatic heterocycles. The van der Waals surface area contributed by atoms with Crippen LogP contribution < -0.4 is 5.32 Å². The van der Waals surface area contributed by atoms with Crippen molar-refractivity contribution in [3.8, 4) is 0 Å². The second kappa shape index (κ2) is 12.6. The summed E-state index contributed by atoms with van der Waals surface area (Å²) >= 11 is 0. The second-order valence-corrected chi connectivity index (χ2v) is 9.83. The Bertz CT molecular complexity index is 586. The lowest BCUT2D eigenvalue weighted by Gasteiger charge is -2.40. The lowest BCUT2D eigenvalue weighted by molar-refractivity contribution is -0.135. The third-order valence-electron chi connectivity index (χ3n) is 6.94. The quantitative estimate of drug-likeness (QED) is 0.314. The first-order valence-corrected chi connectivity index (χ1v) is 11.7. The maximum absolute atomic E-state index is 12.8. The number of hydrogen-bond acceptors (Lipinski definition) is 5. The summed E-state index contributed by atoms with van der Waals surface area (Å²) < 4.78 is 0. The van der Waals surface area contributed by atoms with Gasteiger partial charge in [0, 0.05) is 78.5 Å². The number of carbonyl (C=O) groups is 1. The summed E-state index contributed by atoms with van der Waals surface area (Å²) in [6, 6.07) is 0.508. The molecule has 0 bridgehead atoms. The number of aliphatic imine (C=N–C) groups is 1. The zero-order valence-corrected chi connectivity index (χ0v) is 22.5. The Balaban J connectivity index is 0.00000341. The Morgan fingerprint density at radius 1 is 0.935 bits per heavy atom. The third kappa shape index (κ3) is 7.71. The van der Waals surface area contributed by atoms with Crippen LogP contribution in [0.5, 0.6) is 0 Å². The van der Waals surface area contributed by atoms with E-state index in [1.54, 1.807) is 0 Å². The normalized spacial score (nSPS) is 29.6. The fraction of sp³-hybridized carbons (Fsp3) is 0.909. The molecule has 3 unspecified atom stereocenters. The van der Waals surface area contributed by atoms with Crippen molar-refractivity contribution in [2.24, 2.45) is 16.8 Å². The van der Waals surface area contributed by atoms with Crippen molar-refractivity contribution in [1.29, 1.82) is 0 Å². The minimum Gasteiger partial charge on any atom is -0.355 e. The zero-order chi connectivity index (χ0) is 21.7. The number of guanidine groups is 1. The number of carbonyl (C=O) groups excluding carboxylic acids is 1. The van der Waals surface area contributed by atoms with Gasteiger partial charge in [0.05, 0.1) is 6.54 Å². The van der Waals surface area contributed by atoms with E-state index in [2.05, 4.69) is 62.8 Å². The number of amides is 1. The Labute approximate surface area is 206 Å². The Morgan fingerprint density at radius 3 is 2.19 bits per heavy atom. The number of hydrogen-bond donors (Lipinski definition) is 1. The first kappa shape index (κ1) is 26.6. The van der Waals surface area contributed by atoms with Gasteiger partial charge in [-0.1, -0.05) is 13.8 Å². The topological polar surface area (TPSA) is 57.7 Å². The van der Waals surface area contributed by atoms with Crippen LogP contribution in [-0.4, -0.2) is 136 Å². The van der Waals surface area contributed by atoms with E-state index < -0.39 is 0 Å². The minimum absolute atomic E-state index is 0. The molecule has 3 aliphatic heterocycles. The van der Waals surface area contributed by atoms with Crippen molar-refractivity contribution >= 4 is 35.8 Å². The van der Waals surface area contributed by atoms with Gasteiger partial charge in [-0.2, -0.15) is 0 Å². The SMILES string of the molecule is CN=C(NCC1CN(C)CCN1C)N1CCN(CC(=O)N2CC(C)CC(C)C2)CC1.I. The molecule has 3 saturated heterocycles. The molecule has 9 heteroatoms. The van der Waals surface area contributed by atoms with Crippen molar-refractivity contribution < 1.29 is 4.79 Å². The lowest BCUT2D eigenvalue weighted by atomic mass is 9.92. The van der Waals surface area contributed by atoms with E-state index >= 15 is 0 Å². The number of piperazine rings is 2. The van der Waals surface area contributed by atoms with Gasteiger partial charge in [0.1, 0.15) is 0 Å². The minimum atomic E-state index is 0. The van der Waals surface area contributed by atoms with Crippen LogP contribution in [0.25, 0.3) is 0 Å². The average molecular weight is 550 g/mol. The van der Waals surface area contributed by atoms with Gasteiger partial charge in [-0.15, -0.1) is 24.0 Å². The summed E-state index contributed by atoms with van der Waals surface area (Å²) in [5.41, 5.74) is 0. The average Bonchev–Trinajstić information content (AvgIpc) is 2.71. The molecule has 1 amide bonds. The maximum atomic E-state index is 12.8. The Hall–Kier alpha value is -0.650. The predicted octanol–water partition coefficient (Wildman–Crippen LogP) is 0.548. The van der Waals surface area contributed by atoms with Gasteiger partial charge >= 0.3 is 0 Å². The second-order valence-electron chi connectivity index (χ2n) is 9.83. The molecular weight excluding hydrogens is 505 g/mol. The monoisotopic (exact) mass is 549 g/mol. The fourth-order valence-electron chi connectivity index (χ4n) is 5.14. The summed E-state index contributed by atoms with van der Waals surface area (Å²) in [4.78, 5) is 28.9. The smallest absolute Gasteiger partial charge is 0.236 e. The highest BCUT2D eigenvalue weighted by Gasteiger charge is 2.28.